The van der Waals surface area contributed by atoms with Crippen LogP contribution >= 0.6 is 0 Å². The van der Waals surface area contributed by atoms with Crippen molar-refractivity contribution in [1.29, 1.82) is 0 Å². The van der Waals surface area contributed by atoms with Crippen LogP contribution in [0.3, 0.4) is 0 Å². The van der Waals surface area contributed by atoms with E-state index in [-0.39, 0.29) is 36.8 Å². The molecule has 1 aromatic rings. The summed E-state index contributed by atoms with van der Waals surface area (Å²) >= 11 is 0. The molecule has 0 aliphatic carbocycles. The molecule has 0 saturated carbocycles. The molecule has 0 aliphatic heterocycles. The van der Waals surface area contributed by atoms with Gasteiger partial charge in [-0.2, -0.15) is 0 Å². The van der Waals surface area contributed by atoms with Gasteiger partial charge in [0.25, 0.3) is 5.91 Å². The molecule has 0 aliphatic rings. The standard InChI is InChI=1S/C17H25FN2O5S/c1-13(2)11-19-16(21)12-25-17(22)5-4-10-20(3)26(23,24)15-8-6-14(18)7-9-15/h6-9,13H,4-5,10-12H2,1-3H3,(H,19,21). The number of sulfonamides is 1. The zero-order valence-electron chi connectivity index (χ0n) is 15.2. The van der Waals surface area contributed by atoms with Gasteiger partial charge >= 0.3 is 5.97 Å². The summed E-state index contributed by atoms with van der Waals surface area (Å²) in [5, 5.41) is 2.62. The number of hydrogen-bond donors (Lipinski definition) is 1. The Balaban J connectivity index is 2.36. The number of benzene rings is 1. The topological polar surface area (TPSA) is 92.8 Å². The van der Waals surface area contributed by atoms with E-state index in [1.54, 1.807) is 0 Å². The largest absolute Gasteiger partial charge is 0.456 e. The van der Waals surface area contributed by atoms with Crippen LogP contribution in [0, 0.1) is 11.7 Å². The van der Waals surface area contributed by atoms with E-state index < -0.39 is 21.8 Å². The van der Waals surface area contributed by atoms with Gasteiger partial charge in [-0.05, 0) is 36.6 Å². The van der Waals surface area contributed by atoms with Crippen molar-refractivity contribution in [3.8, 4) is 0 Å². The fourth-order valence-corrected chi connectivity index (χ4v) is 3.15. The molecule has 0 bridgehead atoms. The van der Waals surface area contributed by atoms with E-state index in [0.717, 1.165) is 16.4 Å². The molecule has 0 radical (unpaired) electrons. The number of carbonyl (C=O) groups excluding carboxylic acids is 2. The third-order valence-electron chi connectivity index (χ3n) is 3.45. The molecule has 1 rings (SSSR count). The Bertz CT molecular complexity index is 704. The third-order valence-corrected chi connectivity index (χ3v) is 5.32. The average Bonchev–Trinajstić information content (AvgIpc) is 2.58. The molecular formula is C17H25FN2O5S. The van der Waals surface area contributed by atoms with E-state index in [2.05, 4.69) is 5.32 Å². The van der Waals surface area contributed by atoms with Crippen LogP contribution in [0.25, 0.3) is 0 Å². The van der Waals surface area contributed by atoms with Crippen LogP contribution in [0.2, 0.25) is 0 Å². The second kappa shape index (κ2) is 10.2. The first kappa shape index (κ1) is 22.0. The summed E-state index contributed by atoms with van der Waals surface area (Å²) in [6.45, 7) is 4.14. The molecule has 26 heavy (non-hydrogen) atoms. The number of amides is 1. The summed E-state index contributed by atoms with van der Waals surface area (Å²) in [5.41, 5.74) is 0. The summed E-state index contributed by atoms with van der Waals surface area (Å²) in [4.78, 5) is 23.0. The average molecular weight is 388 g/mol. The Labute approximate surface area is 153 Å². The van der Waals surface area contributed by atoms with Crippen molar-refractivity contribution in [2.75, 3.05) is 26.7 Å². The zero-order chi connectivity index (χ0) is 19.7. The van der Waals surface area contributed by atoms with Crippen molar-refractivity contribution in [2.24, 2.45) is 5.92 Å². The number of rotatable bonds is 10. The first-order valence-electron chi connectivity index (χ1n) is 8.27. The maximum atomic E-state index is 12.9. The Morgan fingerprint density at radius 2 is 1.85 bits per heavy atom. The normalized spacial score (nSPS) is 11.6. The molecule has 0 saturated heterocycles. The van der Waals surface area contributed by atoms with E-state index in [9.17, 15) is 22.4 Å². The van der Waals surface area contributed by atoms with Crippen LogP contribution in [-0.2, 0) is 24.3 Å². The zero-order valence-corrected chi connectivity index (χ0v) is 16.0. The molecule has 7 nitrogen and oxygen atoms in total. The molecule has 0 heterocycles. The second-order valence-electron chi connectivity index (χ2n) is 6.24. The van der Waals surface area contributed by atoms with Gasteiger partial charge in [-0.25, -0.2) is 17.1 Å². The molecule has 0 fully saturated rings. The van der Waals surface area contributed by atoms with Gasteiger partial charge in [-0.3, -0.25) is 9.59 Å². The van der Waals surface area contributed by atoms with Crippen molar-refractivity contribution in [2.45, 2.75) is 31.6 Å². The molecular weight excluding hydrogens is 363 g/mol. The van der Waals surface area contributed by atoms with E-state index in [0.29, 0.717) is 12.5 Å². The number of nitrogens with one attached hydrogen (secondary N) is 1. The van der Waals surface area contributed by atoms with E-state index in [1.165, 1.54) is 19.2 Å². The van der Waals surface area contributed by atoms with Gasteiger partial charge in [0.05, 0.1) is 4.90 Å². The number of carbonyl (C=O) groups is 2. The maximum absolute atomic E-state index is 12.9. The highest BCUT2D eigenvalue weighted by Gasteiger charge is 2.20. The summed E-state index contributed by atoms with van der Waals surface area (Å²) in [7, 11) is -2.37. The van der Waals surface area contributed by atoms with E-state index in [4.69, 9.17) is 4.74 Å². The summed E-state index contributed by atoms with van der Waals surface area (Å²) in [6, 6.07) is 4.52. The molecule has 1 amide bonds. The molecule has 146 valence electrons. The van der Waals surface area contributed by atoms with Gasteiger partial charge in [0.1, 0.15) is 5.82 Å². The molecule has 0 spiro atoms. The number of esters is 1. The lowest BCUT2D eigenvalue weighted by Crippen LogP contribution is -2.32. The molecule has 1 aromatic carbocycles. The number of hydrogen-bond acceptors (Lipinski definition) is 5. The van der Waals surface area contributed by atoms with Crippen LogP contribution in [0.4, 0.5) is 4.39 Å². The lowest BCUT2D eigenvalue weighted by atomic mass is 10.2. The van der Waals surface area contributed by atoms with Crippen molar-refractivity contribution in [1.82, 2.24) is 9.62 Å². The third kappa shape index (κ3) is 7.49. The minimum Gasteiger partial charge on any atom is -0.456 e. The van der Waals surface area contributed by atoms with Crippen molar-refractivity contribution < 1.29 is 27.1 Å². The Kier molecular flexibility index (Phi) is 8.67. The van der Waals surface area contributed by atoms with Crippen molar-refractivity contribution in [3.05, 3.63) is 30.1 Å². The maximum Gasteiger partial charge on any atom is 0.306 e. The first-order chi connectivity index (χ1) is 12.1. The smallest absolute Gasteiger partial charge is 0.306 e. The predicted molar refractivity (Wildman–Crippen MR) is 94.3 cm³/mol. The van der Waals surface area contributed by atoms with Gasteiger partial charge in [0.15, 0.2) is 6.61 Å². The molecule has 0 aromatic heterocycles. The van der Waals surface area contributed by atoms with Gasteiger partial charge < -0.3 is 10.1 Å². The second-order valence-corrected chi connectivity index (χ2v) is 8.29. The number of halogens is 1. The van der Waals surface area contributed by atoms with Crippen LogP contribution in [-0.4, -0.2) is 51.3 Å². The molecule has 9 heteroatoms. The fraction of sp³-hybridized carbons (Fsp3) is 0.529. The Morgan fingerprint density at radius 1 is 1.23 bits per heavy atom. The van der Waals surface area contributed by atoms with Gasteiger partial charge in [0, 0.05) is 26.6 Å². The van der Waals surface area contributed by atoms with E-state index >= 15 is 0 Å². The highest BCUT2D eigenvalue weighted by Crippen LogP contribution is 2.15. The summed E-state index contributed by atoms with van der Waals surface area (Å²) in [5.74, 6) is -1.17. The quantitative estimate of drug-likeness (QED) is 0.614. The number of nitrogens with zero attached hydrogens (tertiary/aromatic N) is 1. The van der Waals surface area contributed by atoms with Crippen LogP contribution in [0.15, 0.2) is 29.2 Å². The van der Waals surface area contributed by atoms with Crippen LogP contribution in [0.1, 0.15) is 26.7 Å². The molecule has 0 atom stereocenters. The van der Waals surface area contributed by atoms with Gasteiger partial charge in [-0.1, -0.05) is 13.8 Å². The Hall–Kier alpha value is -2.00. The highest BCUT2D eigenvalue weighted by molar-refractivity contribution is 7.89. The lowest BCUT2D eigenvalue weighted by Gasteiger charge is -2.17. The van der Waals surface area contributed by atoms with Gasteiger partial charge in [-0.15, -0.1) is 0 Å². The van der Waals surface area contributed by atoms with Crippen molar-refractivity contribution >= 4 is 21.9 Å². The fourth-order valence-electron chi connectivity index (χ4n) is 1.94. The van der Waals surface area contributed by atoms with Gasteiger partial charge in [0.2, 0.25) is 10.0 Å². The predicted octanol–water partition coefficient (Wildman–Crippen LogP) is 1.54. The van der Waals surface area contributed by atoms with E-state index in [1.807, 2.05) is 13.8 Å². The van der Waals surface area contributed by atoms with Crippen LogP contribution < -0.4 is 5.32 Å². The number of ether oxygens (including phenoxy) is 1. The first-order valence-corrected chi connectivity index (χ1v) is 9.71. The minimum atomic E-state index is -3.74. The summed E-state index contributed by atoms with van der Waals surface area (Å²) < 4.78 is 43.4. The summed E-state index contributed by atoms with van der Waals surface area (Å²) in [6.07, 6.45) is 0.226. The molecule has 1 N–H and O–H groups in total. The minimum absolute atomic E-state index is 0.0132. The SMILES string of the molecule is CC(C)CNC(=O)COC(=O)CCCN(C)S(=O)(=O)c1ccc(F)cc1. The lowest BCUT2D eigenvalue weighted by molar-refractivity contribution is -0.148. The van der Waals surface area contributed by atoms with Crippen molar-refractivity contribution in [3.63, 3.8) is 0 Å². The van der Waals surface area contributed by atoms with Crippen LogP contribution in [0.5, 0.6) is 0 Å². The highest BCUT2D eigenvalue weighted by atomic mass is 32.2. The monoisotopic (exact) mass is 388 g/mol. The Morgan fingerprint density at radius 3 is 2.42 bits per heavy atom. The molecule has 0 unspecified atom stereocenters.